The first-order valence-corrected chi connectivity index (χ1v) is 18.5. The topological polar surface area (TPSA) is 177 Å². The van der Waals surface area contributed by atoms with Crippen LogP contribution in [0.4, 0.5) is 0 Å². The van der Waals surface area contributed by atoms with E-state index in [-0.39, 0.29) is 65.0 Å². The molecule has 294 valence electrons. The number of hydrogen-bond acceptors (Lipinski definition) is 11. The third-order valence-corrected chi connectivity index (χ3v) is 8.77. The van der Waals surface area contributed by atoms with Crippen molar-refractivity contribution in [3.8, 4) is 0 Å². The molecule has 0 aromatic heterocycles. The smallest absolute Gasteiger partial charge is 0.309 e. The lowest BCUT2D eigenvalue weighted by atomic mass is 9.92. The largest absolute Gasteiger partial charge is 0.461 e. The van der Waals surface area contributed by atoms with Gasteiger partial charge in [-0.25, -0.2) is 0 Å². The summed E-state index contributed by atoms with van der Waals surface area (Å²) >= 11 is 0. The Morgan fingerprint density at radius 1 is 0.482 bits per heavy atom. The molecule has 0 saturated carbocycles. The molecule has 0 spiro atoms. The van der Waals surface area contributed by atoms with Gasteiger partial charge in [0.2, 0.25) is 5.91 Å². The van der Waals surface area contributed by atoms with Crippen LogP contribution >= 0.6 is 0 Å². The predicted molar refractivity (Wildman–Crippen MR) is 206 cm³/mol. The van der Waals surface area contributed by atoms with Crippen LogP contribution in [0, 0.1) is 5.92 Å². The van der Waals surface area contributed by atoms with Crippen molar-refractivity contribution in [2.24, 2.45) is 11.7 Å². The van der Waals surface area contributed by atoms with Crippen molar-refractivity contribution in [3.63, 3.8) is 0 Å². The maximum atomic E-state index is 13.9. The average Bonchev–Trinajstić information content (AvgIpc) is 3.23. The van der Waals surface area contributed by atoms with Gasteiger partial charge < -0.3 is 30.0 Å². The molecule has 12 nitrogen and oxygen atoms in total. The fourth-order valence-corrected chi connectivity index (χ4v) is 5.52. The summed E-state index contributed by atoms with van der Waals surface area (Å²) < 4.78 is 21.6. The van der Waals surface area contributed by atoms with E-state index in [0.29, 0.717) is 0 Å². The van der Waals surface area contributed by atoms with Crippen molar-refractivity contribution < 1.29 is 47.7 Å². The van der Waals surface area contributed by atoms with Gasteiger partial charge in [-0.2, -0.15) is 0 Å². The Kier molecular flexibility index (Phi) is 18.0. The molecule has 0 saturated heterocycles. The molecule has 12 heteroatoms. The minimum absolute atomic E-state index is 0.0194. The van der Waals surface area contributed by atoms with E-state index < -0.39 is 60.0 Å². The highest BCUT2D eigenvalue weighted by molar-refractivity contribution is 5.93. The van der Waals surface area contributed by atoms with Crippen LogP contribution in [0.5, 0.6) is 0 Å². The molecule has 3 atom stereocenters. The normalized spacial score (nSPS) is 12.3. The lowest BCUT2D eigenvalue weighted by Crippen LogP contribution is -2.49. The maximum Gasteiger partial charge on any atom is 0.309 e. The number of ketones is 1. The van der Waals surface area contributed by atoms with E-state index in [4.69, 9.17) is 24.7 Å². The van der Waals surface area contributed by atoms with Crippen molar-refractivity contribution in [2.75, 3.05) is 0 Å². The van der Waals surface area contributed by atoms with E-state index in [1.54, 1.807) is 36.4 Å². The highest BCUT2D eigenvalue weighted by atomic mass is 16.5. The summed E-state index contributed by atoms with van der Waals surface area (Å²) in [5.41, 5.74) is 9.23. The van der Waals surface area contributed by atoms with Crippen molar-refractivity contribution in [3.05, 3.63) is 144 Å². The van der Waals surface area contributed by atoms with E-state index in [2.05, 4.69) is 5.32 Å². The third kappa shape index (κ3) is 16.1. The predicted octanol–water partition coefficient (Wildman–Crippen LogP) is 5.69. The molecule has 3 unspecified atom stereocenters. The average molecular weight is 765 g/mol. The zero-order chi connectivity index (χ0) is 40.0. The Hall–Kier alpha value is -6.14. The van der Waals surface area contributed by atoms with Crippen LogP contribution in [0.15, 0.2) is 121 Å². The van der Waals surface area contributed by atoms with E-state index in [1.165, 1.54) is 0 Å². The molecule has 0 bridgehead atoms. The van der Waals surface area contributed by atoms with Crippen LogP contribution in [0.3, 0.4) is 0 Å². The van der Waals surface area contributed by atoms with Crippen LogP contribution in [0.1, 0.15) is 67.2 Å². The molecule has 4 rings (SSSR count). The van der Waals surface area contributed by atoms with Gasteiger partial charge in [0.1, 0.15) is 26.4 Å². The monoisotopic (exact) mass is 764 g/mol. The van der Waals surface area contributed by atoms with Crippen molar-refractivity contribution in [1.82, 2.24) is 5.32 Å². The molecule has 0 heterocycles. The molecule has 1 amide bonds. The quantitative estimate of drug-likeness (QED) is 0.0701. The zero-order valence-corrected chi connectivity index (χ0v) is 31.2. The van der Waals surface area contributed by atoms with Gasteiger partial charge in [-0.05, 0) is 41.5 Å². The van der Waals surface area contributed by atoms with Gasteiger partial charge in [-0.1, -0.05) is 121 Å². The number of Topliss-reactive ketones (excluding diaryl/α,β-unsaturated/α-hetero) is 1. The second kappa shape index (κ2) is 23.6. The van der Waals surface area contributed by atoms with Gasteiger partial charge in [0.05, 0.1) is 18.0 Å². The molecule has 0 aliphatic carbocycles. The van der Waals surface area contributed by atoms with Gasteiger partial charge >= 0.3 is 23.9 Å². The van der Waals surface area contributed by atoms with Crippen LogP contribution in [-0.2, 0) is 74.1 Å². The van der Waals surface area contributed by atoms with Crippen LogP contribution in [0.25, 0.3) is 0 Å². The maximum absolute atomic E-state index is 13.9. The second-order valence-corrected chi connectivity index (χ2v) is 13.2. The number of carbonyl (C=O) groups is 6. The molecular weight excluding hydrogens is 716 g/mol. The number of carbonyl (C=O) groups excluding carboxylic acids is 6. The van der Waals surface area contributed by atoms with Crippen molar-refractivity contribution >= 4 is 35.6 Å². The van der Waals surface area contributed by atoms with Gasteiger partial charge in [0, 0.05) is 25.7 Å². The standard InChI is InChI=1S/C44H48N2O10/c45-37(22-25-41(49)54-29-33-15-7-2-8-16-33)43(51)46-38(23-26-42(50)55-30-34-17-9-3-10-18-34)39(47)27-36(44(52)56-31-35-19-11-4-12-20-35)21-24-40(48)53-28-32-13-5-1-6-14-32/h1-20,36-38H,21-31,45H2,(H,46,51). The van der Waals surface area contributed by atoms with E-state index >= 15 is 0 Å². The van der Waals surface area contributed by atoms with Crippen LogP contribution < -0.4 is 11.1 Å². The summed E-state index contributed by atoms with van der Waals surface area (Å²) in [4.78, 5) is 78.5. The van der Waals surface area contributed by atoms with Crippen LogP contribution in [0.2, 0.25) is 0 Å². The molecule has 3 N–H and O–H groups in total. The third-order valence-electron chi connectivity index (χ3n) is 8.77. The first-order chi connectivity index (χ1) is 27.2. The molecule has 0 fully saturated rings. The molecule has 56 heavy (non-hydrogen) atoms. The van der Waals surface area contributed by atoms with E-state index in [0.717, 1.165) is 22.3 Å². The Morgan fingerprint density at radius 3 is 1.25 bits per heavy atom. The van der Waals surface area contributed by atoms with Gasteiger partial charge in [-0.15, -0.1) is 0 Å². The first-order valence-electron chi connectivity index (χ1n) is 18.5. The Balaban J connectivity index is 1.40. The molecule has 4 aromatic carbocycles. The minimum atomic E-state index is -1.25. The molecule has 0 radical (unpaired) electrons. The summed E-state index contributed by atoms with van der Waals surface area (Å²) in [7, 11) is 0. The SMILES string of the molecule is NC(CCC(=O)OCc1ccccc1)C(=O)NC(CCC(=O)OCc1ccccc1)C(=O)CC(CCC(=O)OCc1ccccc1)C(=O)OCc1ccccc1. The zero-order valence-electron chi connectivity index (χ0n) is 31.2. The number of rotatable bonds is 23. The highest BCUT2D eigenvalue weighted by Crippen LogP contribution is 2.19. The highest BCUT2D eigenvalue weighted by Gasteiger charge is 2.31. The summed E-state index contributed by atoms with van der Waals surface area (Å²) in [5, 5.41) is 2.62. The first kappa shape index (κ1) is 42.6. The van der Waals surface area contributed by atoms with E-state index in [1.807, 2.05) is 84.9 Å². The fourth-order valence-electron chi connectivity index (χ4n) is 5.52. The molecular formula is C44H48N2O10. The summed E-state index contributed by atoms with van der Waals surface area (Å²) in [6.45, 7) is 0.0728. The molecule has 0 aliphatic rings. The lowest BCUT2D eigenvalue weighted by Gasteiger charge is -2.22. The number of nitrogens with one attached hydrogen (secondary N) is 1. The number of amides is 1. The minimum Gasteiger partial charge on any atom is -0.461 e. The Labute approximate surface area is 326 Å². The van der Waals surface area contributed by atoms with Crippen molar-refractivity contribution in [1.29, 1.82) is 0 Å². The van der Waals surface area contributed by atoms with Gasteiger partial charge in [-0.3, -0.25) is 28.8 Å². The molecule has 4 aromatic rings. The van der Waals surface area contributed by atoms with Gasteiger partial charge in [0.25, 0.3) is 0 Å². The summed E-state index contributed by atoms with van der Waals surface area (Å²) in [6.07, 6.45) is -1.28. The van der Waals surface area contributed by atoms with E-state index in [9.17, 15) is 28.8 Å². The fraction of sp³-hybridized carbons (Fsp3) is 0.318. The number of nitrogens with two attached hydrogens (primary N) is 1. The summed E-state index contributed by atoms with van der Waals surface area (Å²) in [6, 6.07) is 33.8. The van der Waals surface area contributed by atoms with Gasteiger partial charge in [0.15, 0.2) is 5.78 Å². The number of ether oxygens (including phenoxy) is 4. The second-order valence-electron chi connectivity index (χ2n) is 13.2. The number of esters is 4. The van der Waals surface area contributed by atoms with Crippen LogP contribution in [-0.4, -0.2) is 47.7 Å². The summed E-state index contributed by atoms with van der Waals surface area (Å²) in [5.74, 6) is -4.82. The van der Waals surface area contributed by atoms with Crippen molar-refractivity contribution in [2.45, 2.75) is 83.5 Å². The number of benzene rings is 4. The Morgan fingerprint density at radius 2 is 0.839 bits per heavy atom. The molecule has 0 aliphatic heterocycles. The lowest BCUT2D eigenvalue weighted by molar-refractivity contribution is -0.153. The Bertz CT molecular complexity index is 1840. The number of hydrogen-bond donors (Lipinski definition) is 2.